The lowest BCUT2D eigenvalue weighted by Crippen LogP contribution is -2.50. The van der Waals surface area contributed by atoms with Crippen LogP contribution in [0.25, 0.3) is 0 Å². The van der Waals surface area contributed by atoms with E-state index in [9.17, 15) is 4.79 Å². The molecule has 0 aromatic carbocycles. The maximum atomic E-state index is 12.0. The summed E-state index contributed by atoms with van der Waals surface area (Å²) in [5, 5.41) is 3.33. The number of hydrogen-bond acceptors (Lipinski definition) is 5. The normalized spacial score (nSPS) is 22.2. The van der Waals surface area contributed by atoms with Crippen LogP contribution in [-0.2, 0) is 14.3 Å². The number of carbonyl (C=O) groups excluding carboxylic acids is 1. The number of esters is 1. The monoisotopic (exact) mass is 300 g/mol. The number of methoxy groups -OCH3 is 2. The van der Waals surface area contributed by atoms with Crippen molar-refractivity contribution in [3.05, 3.63) is 0 Å². The number of nitrogens with one attached hydrogen (secondary N) is 1. The van der Waals surface area contributed by atoms with E-state index in [4.69, 9.17) is 9.47 Å². The van der Waals surface area contributed by atoms with Gasteiger partial charge in [-0.2, -0.15) is 0 Å². The van der Waals surface area contributed by atoms with E-state index in [0.29, 0.717) is 6.10 Å². The van der Waals surface area contributed by atoms with Gasteiger partial charge in [0.1, 0.15) is 5.54 Å². The summed E-state index contributed by atoms with van der Waals surface area (Å²) in [6.45, 7) is 8.15. The Balaban J connectivity index is 2.28. The number of likely N-dealkylation sites (tertiary alicyclic amines) is 1. The van der Waals surface area contributed by atoms with Gasteiger partial charge in [-0.25, -0.2) is 0 Å². The van der Waals surface area contributed by atoms with Gasteiger partial charge in [0.15, 0.2) is 0 Å². The summed E-state index contributed by atoms with van der Waals surface area (Å²) in [5.41, 5.74) is -0.551. The maximum Gasteiger partial charge on any atom is 0.325 e. The van der Waals surface area contributed by atoms with Gasteiger partial charge >= 0.3 is 5.97 Å². The number of nitrogens with zero attached hydrogens (tertiary/aromatic N) is 1. The highest BCUT2D eigenvalue weighted by atomic mass is 16.5. The van der Waals surface area contributed by atoms with Crippen molar-refractivity contribution in [3.63, 3.8) is 0 Å². The number of ether oxygens (including phenoxy) is 2. The van der Waals surface area contributed by atoms with Gasteiger partial charge in [-0.15, -0.1) is 0 Å². The molecule has 1 fully saturated rings. The Hall–Kier alpha value is -0.650. The Bertz CT molecular complexity index is 312. The summed E-state index contributed by atoms with van der Waals surface area (Å²) < 4.78 is 10.3. The van der Waals surface area contributed by atoms with Gasteiger partial charge in [0.2, 0.25) is 0 Å². The molecule has 2 unspecified atom stereocenters. The second kappa shape index (κ2) is 9.38. The van der Waals surface area contributed by atoms with Crippen molar-refractivity contribution in [1.29, 1.82) is 0 Å². The van der Waals surface area contributed by atoms with Crippen LogP contribution in [0.15, 0.2) is 0 Å². The number of hydrogen-bond donors (Lipinski definition) is 1. The van der Waals surface area contributed by atoms with Crippen molar-refractivity contribution >= 4 is 5.97 Å². The zero-order chi connectivity index (χ0) is 15.7. The topological polar surface area (TPSA) is 50.8 Å². The van der Waals surface area contributed by atoms with Crippen molar-refractivity contribution < 1.29 is 14.3 Å². The lowest BCUT2D eigenvalue weighted by molar-refractivity contribution is -0.148. The van der Waals surface area contributed by atoms with E-state index in [-0.39, 0.29) is 5.97 Å². The average Bonchev–Trinajstić information content (AvgIpc) is 2.96. The zero-order valence-electron chi connectivity index (χ0n) is 14.1. The Morgan fingerprint density at radius 2 is 2.14 bits per heavy atom. The highest BCUT2D eigenvalue weighted by Gasteiger charge is 2.33. The fraction of sp³-hybridized carbons (Fsp3) is 0.938. The molecule has 1 rings (SSSR count). The second-order valence-electron chi connectivity index (χ2n) is 6.15. The largest absolute Gasteiger partial charge is 0.468 e. The Morgan fingerprint density at radius 3 is 2.71 bits per heavy atom. The number of rotatable bonds is 10. The standard InChI is InChI=1S/C16H32N2O3/c1-5-10-17-16(2,15(19)21-4)9-6-7-11-18-12-8-14(13-18)20-3/h14,17H,5-13H2,1-4H3. The van der Waals surface area contributed by atoms with Crippen LogP contribution in [0.2, 0.25) is 0 Å². The molecule has 1 heterocycles. The highest BCUT2D eigenvalue weighted by Crippen LogP contribution is 2.18. The molecule has 0 spiro atoms. The van der Waals surface area contributed by atoms with Crippen LogP contribution < -0.4 is 5.32 Å². The van der Waals surface area contributed by atoms with E-state index < -0.39 is 5.54 Å². The minimum atomic E-state index is -0.551. The van der Waals surface area contributed by atoms with Gasteiger partial charge in [-0.1, -0.05) is 6.92 Å². The highest BCUT2D eigenvalue weighted by molar-refractivity contribution is 5.80. The molecule has 0 radical (unpaired) electrons. The van der Waals surface area contributed by atoms with Crippen molar-refractivity contribution in [2.45, 2.75) is 57.6 Å². The summed E-state index contributed by atoms with van der Waals surface area (Å²) in [7, 11) is 3.25. The molecule has 0 saturated carbocycles. The van der Waals surface area contributed by atoms with E-state index in [1.54, 1.807) is 7.11 Å². The van der Waals surface area contributed by atoms with Gasteiger partial charge in [0.25, 0.3) is 0 Å². The first-order valence-electron chi connectivity index (χ1n) is 8.14. The number of unbranched alkanes of at least 4 members (excludes halogenated alkanes) is 1. The summed E-state index contributed by atoms with van der Waals surface area (Å²) in [6.07, 6.45) is 5.50. The summed E-state index contributed by atoms with van der Waals surface area (Å²) in [4.78, 5) is 14.4. The zero-order valence-corrected chi connectivity index (χ0v) is 14.1. The van der Waals surface area contributed by atoms with Crippen LogP contribution in [-0.4, -0.2) is 62.9 Å². The molecular weight excluding hydrogens is 268 g/mol. The summed E-state index contributed by atoms with van der Waals surface area (Å²) in [5.74, 6) is -0.156. The smallest absolute Gasteiger partial charge is 0.325 e. The number of carbonyl (C=O) groups is 1. The first kappa shape index (κ1) is 18.4. The van der Waals surface area contributed by atoms with Crippen LogP contribution >= 0.6 is 0 Å². The van der Waals surface area contributed by atoms with Crippen molar-refractivity contribution in [2.24, 2.45) is 0 Å². The van der Waals surface area contributed by atoms with E-state index in [1.807, 2.05) is 6.92 Å². The Morgan fingerprint density at radius 1 is 1.38 bits per heavy atom. The molecule has 21 heavy (non-hydrogen) atoms. The Labute approximate surface area is 129 Å². The molecular formula is C16H32N2O3. The lowest BCUT2D eigenvalue weighted by atomic mass is 9.94. The van der Waals surface area contributed by atoms with E-state index in [1.165, 1.54) is 7.11 Å². The lowest BCUT2D eigenvalue weighted by Gasteiger charge is -2.28. The molecule has 124 valence electrons. The van der Waals surface area contributed by atoms with E-state index in [0.717, 1.165) is 58.3 Å². The minimum absolute atomic E-state index is 0.156. The summed E-state index contributed by atoms with van der Waals surface area (Å²) in [6, 6.07) is 0. The van der Waals surface area contributed by atoms with Gasteiger partial charge < -0.3 is 19.7 Å². The third-order valence-corrected chi connectivity index (χ3v) is 4.36. The van der Waals surface area contributed by atoms with Crippen molar-refractivity contribution in [2.75, 3.05) is 40.4 Å². The van der Waals surface area contributed by atoms with Crippen molar-refractivity contribution in [3.8, 4) is 0 Å². The molecule has 1 aliphatic rings. The molecule has 1 saturated heterocycles. The van der Waals surface area contributed by atoms with Crippen LogP contribution in [0.1, 0.15) is 46.0 Å². The fourth-order valence-corrected chi connectivity index (χ4v) is 2.90. The predicted molar refractivity (Wildman–Crippen MR) is 84.4 cm³/mol. The average molecular weight is 300 g/mol. The third kappa shape index (κ3) is 5.93. The third-order valence-electron chi connectivity index (χ3n) is 4.36. The molecule has 2 atom stereocenters. The first-order valence-corrected chi connectivity index (χ1v) is 8.14. The molecule has 5 nitrogen and oxygen atoms in total. The van der Waals surface area contributed by atoms with E-state index >= 15 is 0 Å². The first-order chi connectivity index (χ1) is 10.1. The van der Waals surface area contributed by atoms with Gasteiger partial charge in [0, 0.05) is 20.2 Å². The molecule has 0 amide bonds. The van der Waals surface area contributed by atoms with Crippen LogP contribution in [0, 0.1) is 0 Å². The fourth-order valence-electron chi connectivity index (χ4n) is 2.90. The molecule has 1 aliphatic heterocycles. The molecule has 0 aliphatic carbocycles. The molecule has 1 N–H and O–H groups in total. The van der Waals surface area contributed by atoms with Crippen molar-refractivity contribution in [1.82, 2.24) is 10.2 Å². The summed E-state index contributed by atoms with van der Waals surface area (Å²) >= 11 is 0. The van der Waals surface area contributed by atoms with Gasteiger partial charge in [0.05, 0.1) is 13.2 Å². The van der Waals surface area contributed by atoms with E-state index in [2.05, 4.69) is 17.1 Å². The maximum absolute atomic E-state index is 12.0. The van der Waals surface area contributed by atoms with Crippen LogP contribution in [0.4, 0.5) is 0 Å². The molecule has 0 bridgehead atoms. The van der Waals surface area contributed by atoms with Gasteiger partial charge in [-0.05, 0) is 52.1 Å². The second-order valence-corrected chi connectivity index (χ2v) is 6.15. The van der Waals surface area contributed by atoms with Gasteiger partial charge in [-0.3, -0.25) is 4.79 Å². The quantitative estimate of drug-likeness (QED) is 0.492. The van der Waals surface area contributed by atoms with Crippen LogP contribution in [0.3, 0.4) is 0 Å². The minimum Gasteiger partial charge on any atom is -0.468 e. The molecule has 0 aromatic heterocycles. The van der Waals surface area contributed by atoms with Crippen LogP contribution in [0.5, 0.6) is 0 Å². The molecule has 5 heteroatoms. The predicted octanol–water partition coefficient (Wildman–Crippen LogP) is 1.81. The molecule has 0 aromatic rings. The SMILES string of the molecule is CCCNC(C)(CCCCN1CCC(OC)C1)C(=O)OC. The Kier molecular flexibility index (Phi) is 8.22.